The molecule has 0 radical (unpaired) electrons. The van der Waals surface area contributed by atoms with E-state index in [1.165, 1.54) is 6.20 Å². The van der Waals surface area contributed by atoms with Crippen molar-refractivity contribution in [1.29, 1.82) is 0 Å². The van der Waals surface area contributed by atoms with Gasteiger partial charge in [-0.3, -0.25) is 4.79 Å². The van der Waals surface area contributed by atoms with Gasteiger partial charge in [0.15, 0.2) is 6.29 Å². The van der Waals surface area contributed by atoms with Crippen molar-refractivity contribution in [3.05, 3.63) is 40.2 Å². The van der Waals surface area contributed by atoms with Crippen LogP contribution >= 0.6 is 0 Å². The molecule has 1 unspecified atom stereocenters. The summed E-state index contributed by atoms with van der Waals surface area (Å²) in [6.07, 6.45) is 0.259. The van der Waals surface area contributed by atoms with E-state index in [2.05, 4.69) is 16.3 Å². The Hall–Kier alpha value is -1.74. The number of aliphatic hydroxyl groups is 3. The lowest BCUT2D eigenvalue weighted by Crippen LogP contribution is -2.35. The second-order valence-corrected chi connectivity index (χ2v) is 4.39. The summed E-state index contributed by atoms with van der Waals surface area (Å²) in [5.41, 5.74) is 0.589. The molecule has 0 bridgehead atoms. The second-order valence-electron chi connectivity index (χ2n) is 4.39. The summed E-state index contributed by atoms with van der Waals surface area (Å²) < 4.78 is 5.18. The Kier molecular flexibility index (Phi) is 5.83. The zero-order chi connectivity index (χ0) is 15.3. The molecule has 20 heavy (non-hydrogen) atoms. The highest BCUT2D eigenvalue weighted by Gasteiger charge is 2.31. The van der Waals surface area contributed by atoms with Crippen LogP contribution < -0.4 is 10.3 Å². The van der Waals surface area contributed by atoms with Gasteiger partial charge in [0, 0.05) is 12.0 Å². The zero-order valence-electron chi connectivity index (χ0n) is 11.0. The minimum atomic E-state index is -0.905. The lowest BCUT2D eigenvalue weighted by molar-refractivity contribution is -0.609. The number of aliphatic hydroxyl groups excluding tert-OH is 3. The molecule has 0 amide bonds. The predicted molar refractivity (Wildman–Crippen MR) is 69.3 cm³/mol. The van der Waals surface area contributed by atoms with E-state index in [9.17, 15) is 10.0 Å². The SMILES string of the molecule is C=C(C)c1c[nH]c(=O)c[n+]1[O-].OC[C@H]1OC(O)C[C@@H]1O. The molecule has 1 saturated heterocycles. The van der Waals surface area contributed by atoms with Crippen molar-refractivity contribution >= 4 is 5.57 Å². The van der Waals surface area contributed by atoms with Crippen molar-refractivity contribution < 1.29 is 24.8 Å². The summed E-state index contributed by atoms with van der Waals surface area (Å²) in [4.78, 5) is 12.9. The first-order valence-corrected chi connectivity index (χ1v) is 5.95. The molecule has 8 nitrogen and oxygen atoms in total. The highest BCUT2D eigenvalue weighted by atomic mass is 16.6. The van der Waals surface area contributed by atoms with E-state index in [0.29, 0.717) is 16.0 Å². The summed E-state index contributed by atoms with van der Waals surface area (Å²) >= 11 is 0. The number of ether oxygens (including phenoxy) is 1. The molecule has 1 aliphatic rings. The zero-order valence-corrected chi connectivity index (χ0v) is 11.0. The highest BCUT2D eigenvalue weighted by Crippen LogP contribution is 2.17. The number of hydrogen-bond donors (Lipinski definition) is 4. The number of hydrogen-bond acceptors (Lipinski definition) is 6. The van der Waals surface area contributed by atoms with Crippen molar-refractivity contribution in [2.45, 2.75) is 31.8 Å². The monoisotopic (exact) mass is 286 g/mol. The van der Waals surface area contributed by atoms with Gasteiger partial charge in [-0.1, -0.05) is 6.58 Å². The van der Waals surface area contributed by atoms with Crippen LogP contribution in [0.15, 0.2) is 23.8 Å². The Morgan fingerprint density at radius 3 is 2.65 bits per heavy atom. The maximum atomic E-state index is 10.9. The Bertz CT molecular complexity index is 515. The molecule has 4 N–H and O–H groups in total. The molecule has 0 spiro atoms. The van der Waals surface area contributed by atoms with E-state index in [-0.39, 0.29) is 13.0 Å². The third kappa shape index (κ3) is 4.42. The smallest absolute Gasteiger partial charge is 0.313 e. The molecule has 3 atom stereocenters. The van der Waals surface area contributed by atoms with E-state index < -0.39 is 24.1 Å². The second kappa shape index (κ2) is 7.15. The van der Waals surface area contributed by atoms with Gasteiger partial charge in [-0.05, 0) is 6.92 Å². The van der Waals surface area contributed by atoms with Crippen LogP contribution in [0, 0.1) is 5.21 Å². The summed E-state index contributed by atoms with van der Waals surface area (Å²) in [5.74, 6) is 0. The van der Waals surface area contributed by atoms with Crippen LogP contribution in [0.4, 0.5) is 0 Å². The van der Waals surface area contributed by atoms with Crippen molar-refractivity contribution in [3.8, 4) is 0 Å². The van der Waals surface area contributed by atoms with Gasteiger partial charge < -0.3 is 30.2 Å². The molecule has 8 heteroatoms. The van der Waals surface area contributed by atoms with Gasteiger partial charge in [0.2, 0.25) is 11.9 Å². The number of aromatic amines is 1. The molecule has 2 rings (SSSR count). The van der Waals surface area contributed by atoms with Gasteiger partial charge in [-0.15, -0.1) is 0 Å². The van der Waals surface area contributed by atoms with Crippen LogP contribution in [0.5, 0.6) is 0 Å². The van der Waals surface area contributed by atoms with Crippen LogP contribution in [0.1, 0.15) is 19.0 Å². The van der Waals surface area contributed by atoms with Gasteiger partial charge in [-0.2, -0.15) is 4.73 Å². The summed E-state index contributed by atoms with van der Waals surface area (Å²) in [6.45, 7) is 5.03. The standard InChI is InChI=1S/C7H8N2O2.C5H10O4/c1-5(2)6-3-8-7(10)4-9(6)11;6-2-4-3(7)1-5(8)9-4/h3-4H,1H2,2H3,(H,8,10);3-8H,1-2H2/t;3-,4+,5?/m.0/s1. The molecule has 1 aromatic heterocycles. The number of H-pyrrole nitrogens is 1. The minimum Gasteiger partial charge on any atom is -0.618 e. The van der Waals surface area contributed by atoms with Crippen LogP contribution in [0.2, 0.25) is 0 Å². The summed E-state index contributed by atoms with van der Waals surface area (Å²) in [5, 5.41) is 37.0. The van der Waals surface area contributed by atoms with Crippen LogP contribution in [0.3, 0.4) is 0 Å². The van der Waals surface area contributed by atoms with E-state index in [0.717, 1.165) is 6.20 Å². The highest BCUT2D eigenvalue weighted by molar-refractivity contribution is 5.54. The molecule has 0 saturated carbocycles. The summed E-state index contributed by atoms with van der Waals surface area (Å²) in [6, 6.07) is 0. The Morgan fingerprint density at radius 2 is 2.30 bits per heavy atom. The largest absolute Gasteiger partial charge is 0.618 e. The number of allylic oxidation sites excluding steroid dienone is 1. The molecular formula is C12H18N2O6. The van der Waals surface area contributed by atoms with Crippen molar-refractivity contribution in [1.82, 2.24) is 4.98 Å². The van der Waals surface area contributed by atoms with Gasteiger partial charge in [0.1, 0.15) is 6.10 Å². The quantitative estimate of drug-likeness (QED) is 0.386. The molecule has 1 aromatic rings. The van der Waals surface area contributed by atoms with Gasteiger partial charge >= 0.3 is 5.56 Å². The fourth-order valence-electron chi connectivity index (χ4n) is 1.60. The first-order valence-electron chi connectivity index (χ1n) is 5.95. The van der Waals surface area contributed by atoms with E-state index in [4.69, 9.17) is 15.3 Å². The normalized spacial score (nSPS) is 24.9. The molecule has 112 valence electrons. The third-order valence-electron chi connectivity index (χ3n) is 2.64. The van der Waals surface area contributed by atoms with Crippen LogP contribution in [0.25, 0.3) is 5.57 Å². The first-order chi connectivity index (χ1) is 9.35. The molecule has 2 heterocycles. The molecule has 1 fully saturated rings. The van der Waals surface area contributed by atoms with E-state index >= 15 is 0 Å². The third-order valence-corrected chi connectivity index (χ3v) is 2.64. The Morgan fingerprint density at radius 1 is 1.65 bits per heavy atom. The average molecular weight is 286 g/mol. The lowest BCUT2D eigenvalue weighted by Gasteiger charge is -2.08. The fourth-order valence-corrected chi connectivity index (χ4v) is 1.60. The molecule has 1 aliphatic heterocycles. The fraction of sp³-hybridized carbons (Fsp3) is 0.500. The number of aromatic nitrogens is 2. The van der Waals surface area contributed by atoms with E-state index in [1.54, 1.807) is 6.92 Å². The van der Waals surface area contributed by atoms with Crippen molar-refractivity contribution in [3.63, 3.8) is 0 Å². The number of nitrogens with zero attached hydrogens (tertiary/aromatic N) is 1. The van der Waals surface area contributed by atoms with Gasteiger partial charge in [0.25, 0.3) is 0 Å². The topological polar surface area (TPSA) is 130 Å². The lowest BCUT2D eigenvalue weighted by atomic mass is 10.2. The first kappa shape index (κ1) is 16.3. The van der Waals surface area contributed by atoms with Gasteiger partial charge in [0.05, 0.1) is 18.9 Å². The maximum Gasteiger partial charge on any atom is 0.313 e. The van der Waals surface area contributed by atoms with Crippen LogP contribution in [-0.4, -0.2) is 45.4 Å². The molecule has 0 aliphatic carbocycles. The molecule has 0 aromatic carbocycles. The molecular weight excluding hydrogens is 268 g/mol. The minimum absolute atomic E-state index is 0.200. The number of rotatable bonds is 2. The number of nitrogens with one attached hydrogen (secondary N) is 1. The summed E-state index contributed by atoms with van der Waals surface area (Å²) in [7, 11) is 0. The van der Waals surface area contributed by atoms with Gasteiger partial charge in [-0.25, -0.2) is 0 Å². The Balaban J connectivity index is 0.000000204. The predicted octanol–water partition coefficient (Wildman–Crippen LogP) is -1.51. The van der Waals surface area contributed by atoms with Crippen molar-refractivity contribution in [2.24, 2.45) is 0 Å². The Labute approximate surface area is 115 Å². The maximum absolute atomic E-state index is 10.9. The van der Waals surface area contributed by atoms with Crippen LogP contribution in [-0.2, 0) is 4.74 Å². The van der Waals surface area contributed by atoms with E-state index in [1.807, 2.05) is 0 Å². The van der Waals surface area contributed by atoms with Crippen molar-refractivity contribution in [2.75, 3.05) is 6.61 Å². The average Bonchev–Trinajstić information content (AvgIpc) is 2.68.